The predicted octanol–water partition coefficient (Wildman–Crippen LogP) is 1.73. The average molecular weight is 512 g/mol. The minimum Gasteiger partial charge on any atom is -0.497 e. The minimum absolute atomic E-state index is 0. The number of ether oxygens (including phenoxy) is 1. The van der Waals surface area contributed by atoms with Crippen LogP contribution in [0, 0.1) is 0 Å². The molecular weight excluding hydrogens is 483 g/mol. The number of aliphatic imine (C=N–C) groups is 1. The van der Waals surface area contributed by atoms with Crippen molar-refractivity contribution in [1.29, 1.82) is 0 Å². The Hall–Kier alpha value is -2.30. The number of amides is 1. The van der Waals surface area contributed by atoms with E-state index in [2.05, 4.69) is 31.8 Å². The van der Waals surface area contributed by atoms with Crippen molar-refractivity contribution >= 4 is 35.8 Å². The Balaban J connectivity index is 0.00000300. The molecule has 1 aliphatic heterocycles. The maximum absolute atomic E-state index is 12.2. The van der Waals surface area contributed by atoms with Gasteiger partial charge in [0.2, 0.25) is 5.91 Å². The van der Waals surface area contributed by atoms with Crippen molar-refractivity contribution in [3.05, 3.63) is 47.8 Å². The molecule has 9 heteroatoms. The summed E-state index contributed by atoms with van der Waals surface area (Å²) in [5.41, 5.74) is 2.27. The second kappa shape index (κ2) is 11.0. The van der Waals surface area contributed by atoms with Gasteiger partial charge in [0, 0.05) is 45.8 Å². The molecule has 0 radical (unpaired) electrons. The quantitative estimate of drug-likeness (QED) is 0.350. The Bertz CT molecular complexity index is 821. The Morgan fingerprint density at radius 1 is 1.31 bits per heavy atom. The number of nitrogens with one attached hydrogen (secondary N) is 2. The lowest BCUT2D eigenvalue weighted by Crippen LogP contribution is -2.44. The molecule has 3 rings (SSSR count). The number of hydrogen-bond acceptors (Lipinski definition) is 4. The van der Waals surface area contributed by atoms with Crippen molar-refractivity contribution in [3.63, 3.8) is 0 Å². The largest absolute Gasteiger partial charge is 0.497 e. The van der Waals surface area contributed by atoms with E-state index in [9.17, 15) is 4.79 Å². The predicted molar refractivity (Wildman–Crippen MR) is 124 cm³/mol. The molecular formula is C20H29IN6O2. The van der Waals surface area contributed by atoms with E-state index in [4.69, 9.17) is 4.74 Å². The number of likely N-dealkylation sites (tertiary alicyclic amines) is 1. The van der Waals surface area contributed by atoms with Gasteiger partial charge in [-0.2, -0.15) is 5.10 Å². The molecule has 1 amide bonds. The first-order chi connectivity index (χ1) is 13.6. The molecule has 1 saturated heterocycles. The number of halogens is 1. The SMILES string of the molecule is CN=C(NCC(=O)NCc1ccc(OC)cc1)N1CCC(c2cnn(C)c2)C1.I. The van der Waals surface area contributed by atoms with Crippen LogP contribution in [0.2, 0.25) is 0 Å². The molecule has 1 aliphatic rings. The van der Waals surface area contributed by atoms with Crippen LogP contribution in [0.5, 0.6) is 5.75 Å². The lowest BCUT2D eigenvalue weighted by atomic mass is 10.0. The van der Waals surface area contributed by atoms with Gasteiger partial charge in [-0.15, -0.1) is 24.0 Å². The molecule has 29 heavy (non-hydrogen) atoms. The van der Waals surface area contributed by atoms with Crippen molar-refractivity contribution in [2.24, 2.45) is 12.0 Å². The van der Waals surface area contributed by atoms with E-state index in [-0.39, 0.29) is 36.4 Å². The Morgan fingerprint density at radius 2 is 2.07 bits per heavy atom. The molecule has 2 aromatic rings. The van der Waals surface area contributed by atoms with Gasteiger partial charge in [-0.05, 0) is 29.7 Å². The number of aromatic nitrogens is 2. The molecule has 2 N–H and O–H groups in total. The van der Waals surface area contributed by atoms with Gasteiger partial charge in [0.15, 0.2) is 5.96 Å². The number of methoxy groups -OCH3 is 1. The highest BCUT2D eigenvalue weighted by atomic mass is 127. The van der Waals surface area contributed by atoms with E-state index in [0.29, 0.717) is 12.5 Å². The molecule has 1 aromatic carbocycles. The fraction of sp³-hybridized carbons (Fsp3) is 0.450. The minimum atomic E-state index is -0.0695. The Labute approximate surface area is 188 Å². The van der Waals surface area contributed by atoms with Crippen LogP contribution in [0.4, 0.5) is 0 Å². The van der Waals surface area contributed by atoms with Crippen LogP contribution >= 0.6 is 24.0 Å². The van der Waals surface area contributed by atoms with Crippen LogP contribution in [0.15, 0.2) is 41.7 Å². The molecule has 1 atom stereocenters. The molecule has 0 spiro atoms. The summed E-state index contributed by atoms with van der Waals surface area (Å²) in [6.45, 7) is 2.46. The summed E-state index contributed by atoms with van der Waals surface area (Å²) in [6.07, 6.45) is 5.05. The lowest BCUT2D eigenvalue weighted by molar-refractivity contribution is -0.120. The number of hydrogen-bond donors (Lipinski definition) is 2. The topological polar surface area (TPSA) is 83.8 Å². The maximum atomic E-state index is 12.2. The van der Waals surface area contributed by atoms with Gasteiger partial charge in [0.1, 0.15) is 5.75 Å². The van der Waals surface area contributed by atoms with Gasteiger partial charge in [-0.1, -0.05) is 12.1 Å². The van der Waals surface area contributed by atoms with Gasteiger partial charge in [-0.25, -0.2) is 0 Å². The summed E-state index contributed by atoms with van der Waals surface area (Å²) < 4.78 is 6.97. The van der Waals surface area contributed by atoms with Gasteiger partial charge in [-0.3, -0.25) is 14.5 Å². The van der Waals surface area contributed by atoms with Crippen LogP contribution in [-0.4, -0.2) is 60.3 Å². The first-order valence-corrected chi connectivity index (χ1v) is 9.43. The summed E-state index contributed by atoms with van der Waals surface area (Å²) >= 11 is 0. The molecule has 1 aromatic heterocycles. The third-order valence-corrected chi connectivity index (χ3v) is 4.95. The van der Waals surface area contributed by atoms with E-state index in [1.54, 1.807) is 14.2 Å². The number of carbonyl (C=O) groups excluding carboxylic acids is 1. The van der Waals surface area contributed by atoms with E-state index in [1.165, 1.54) is 5.56 Å². The second-order valence-corrected chi connectivity index (χ2v) is 6.90. The highest BCUT2D eigenvalue weighted by molar-refractivity contribution is 14.0. The van der Waals surface area contributed by atoms with Gasteiger partial charge in [0.05, 0.1) is 19.9 Å². The fourth-order valence-corrected chi connectivity index (χ4v) is 3.37. The molecule has 1 fully saturated rings. The third kappa shape index (κ3) is 6.34. The Morgan fingerprint density at radius 3 is 2.69 bits per heavy atom. The van der Waals surface area contributed by atoms with Crippen LogP contribution in [-0.2, 0) is 18.4 Å². The number of aryl methyl sites for hydroxylation is 1. The van der Waals surface area contributed by atoms with Crippen molar-refractivity contribution in [3.8, 4) is 5.75 Å². The van der Waals surface area contributed by atoms with E-state index < -0.39 is 0 Å². The number of benzene rings is 1. The van der Waals surface area contributed by atoms with Crippen molar-refractivity contribution in [2.75, 3.05) is 33.8 Å². The zero-order chi connectivity index (χ0) is 19.9. The standard InChI is InChI=1S/C20H28N6O2.HI/c1-21-20(26-9-8-16(14-26)17-11-24-25(2)13-17)23-12-19(27)22-10-15-4-6-18(28-3)7-5-15;/h4-7,11,13,16H,8-10,12,14H2,1-3H3,(H,21,23)(H,22,27);1H. The smallest absolute Gasteiger partial charge is 0.239 e. The first-order valence-electron chi connectivity index (χ1n) is 9.43. The summed E-state index contributed by atoms with van der Waals surface area (Å²) in [6, 6.07) is 7.64. The molecule has 8 nitrogen and oxygen atoms in total. The molecule has 0 bridgehead atoms. The molecule has 2 heterocycles. The molecule has 0 aliphatic carbocycles. The zero-order valence-electron chi connectivity index (χ0n) is 17.1. The maximum Gasteiger partial charge on any atom is 0.239 e. The highest BCUT2D eigenvalue weighted by Crippen LogP contribution is 2.26. The van der Waals surface area contributed by atoms with E-state index in [0.717, 1.165) is 36.8 Å². The van der Waals surface area contributed by atoms with Crippen molar-refractivity contribution < 1.29 is 9.53 Å². The monoisotopic (exact) mass is 512 g/mol. The molecule has 0 saturated carbocycles. The summed E-state index contributed by atoms with van der Waals surface area (Å²) in [5.74, 6) is 1.93. The van der Waals surface area contributed by atoms with Crippen LogP contribution in [0.1, 0.15) is 23.5 Å². The van der Waals surface area contributed by atoms with Crippen LogP contribution in [0.25, 0.3) is 0 Å². The lowest BCUT2D eigenvalue weighted by Gasteiger charge is -2.21. The summed E-state index contributed by atoms with van der Waals surface area (Å²) in [7, 11) is 5.31. The number of guanidine groups is 1. The molecule has 158 valence electrons. The van der Waals surface area contributed by atoms with Gasteiger partial charge < -0.3 is 20.3 Å². The number of nitrogens with zero attached hydrogens (tertiary/aromatic N) is 4. The number of rotatable bonds is 6. The van der Waals surface area contributed by atoms with Gasteiger partial charge in [0.25, 0.3) is 0 Å². The fourth-order valence-electron chi connectivity index (χ4n) is 3.37. The Kier molecular flexibility index (Phi) is 8.74. The zero-order valence-corrected chi connectivity index (χ0v) is 19.4. The summed E-state index contributed by atoms with van der Waals surface area (Å²) in [4.78, 5) is 18.7. The second-order valence-electron chi connectivity index (χ2n) is 6.90. The van der Waals surface area contributed by atoms with Crippen LogP contribution in [0.3, 0.4) is 0 Å². The normalized spacial score (nSPS) is 16.3. The third-order valence-electron chi connectivity index (χ3n) is 4.95. The van der Waals surface area contributed by atoms with E-state index >= 15 is 0 Å². The first kappa shape index (κ1) is 23.0. The van der Waals surface area contributed by atoms with Gasteiger partial charge >= 0.3 is 0 Å². The summed E-state index contributed by atoms with van der Waals surface area (Å²) in [5, 5.41) is 10.3. The van der Waals surface area contributed by atoms with Crippen molar-refractivity contribution in [1.82, 2.24) is 25.3 Å². The van der Waals surface area contributed by atoms with Crippen molar-refractivity contribution in [2.45, 2.75) is 18.9 Å². The average Bonchev–Trinajstić information content (AvgIpc) is 3.36. The number of carbonyl (C=O) groups is 1. The molecule has 1 unspecified atom stereocenters. The highest BCUT2D eigenvalue weighted by Gasteiger charge is 2.27. The van der Waals surface area contributed by atoms with E-state index in [1.807, 2.05) is 42.2 Å². The van der Waals surface area contributed by atoms with Crippen LogP contribution < -0.4 is 15.4 Å².